The summed E-state index contributed by atoms with van der Waals surface area (Å²) >= 11 is 0.569. The fourth-order valence-corrected chi connectivity index (χ4v) is 0. The van der Waals surface area contributed by atoms with Crippen LogP contribution in [0.2, 0.25) is 0 Å². The average Bonchev–Trinajstić information content (AvgIpc) is 0.918. The van der Waals surface area contributed by atoms with Crippen LogP contribution in [0.15, 0.2) is 0 Å². The van der Waals surface area contributed by atoms with Gasteiger partial charge in [-0.25, -0.2) is 0 Å². The summed E-state index contributed by atoms with van der Waals surface area (Å²) < 4.78 is 0. The first-order valence-electron chi connectivity index (χ1n) is 0.239. The van der Waals surface area contributed by atoms with Crippen molar-refractivity contribution in [2.45, 2.75) is 0 Å². The number of hydrogen-bond acceptors (Lipinski definition) is 0. The fourth-order valence-electron chi connectivity index (χ4n) is 0. The van der Waals surface area contributed by atoms with Crippen LogP contribution in [0, 0.1) is 7.43 Å². The average molecular weight is 145 g/mol. The van der Waals surface area contributed by atoms with Crippen molar-refractivity contribution in [3.8, 4) is 0 Å². The summed E-state index contributed by atoms with van der Waals surface area (Å²) in [6.45, 7) is 0. The first-order valence-corrected chi connectivity index (χ1v) is 2.96. The minimum atomic E-state index is 0. The molecule has 0 aromatic heterocycles. The zero-order chi connectivity index (χ0) is 2.71. The van der Waals surface area contributed by atoms with Crippen LogP contribution in [0.25, 0.3) is 0 Å². The quantitative estimate of drug-likeness (QED) is 0.455. The van der Waals surface area contributed by atoms with Crippen molar-refractivity contribution in [1.82, 2.24) is 0 Å². The first-order chi connectivity index (χ1) is 1.41. The van der Waals surface area contributed by atoms with E-state index in [-0.39, 0.29) is 7.43 Å². The van der Waals surface area contributed by atoms with E-state index in [1.165, 1.54) is 0 Å². The van der Waals surface area contributed by atoms with Gasteiger partial charge in [-0.3, -0.25) is 0 Å². The van der Waals surface area contributed by atoms with Gasteiger partial charge in [0.25, 0.3) is 0 Å². The molecule has 1 radical (unpaired) electrons. The summed E-state index contributed by atoms with van der Waals surface area (Å²) in [5.41, 5.74) is 0. The van der Waals surface area contributed by atoms with Gasteiger partial charge in [-0.15, -0.1) is 0 Å². The molecule has 0 aliphatic rings. The minimum absolute atomic E-state index is 0. The Balaban J connectivity index is 0. The molecule has 0 rings (SSSR count). The predicted octanol–water partition coefficient (Wildman–Crippen LogP) is 1.83. The van der Waals surface area contributed by atoms with Gasteiger partial charge in [0.1, 0.15) is 0 Å². The molecular formula is CH3Cl2Ni. The third kappa shape index (κ3) is 11.5. The van der Waals surface area contributed by atoms with Gasteiger partial charge in [-0.2, -0.15) is 0 Å². The van der Waals surface area contributed by atoms with E-state index in [1.54, 1.807) is 0 Å². The van der Waals surface area contributed by atoms with Gasteiger partial charge in [0.15, 0.2) is 0 Å². The third-order valence-electron chi connectivity index (χ3n) is 0. The van der Waals surface area contributed by atoms with Gasteiger partial charge in [0, 0.05) is 0 Å². The third-order valence-corrected chi connectivity index (χ3v) is 0. The first kappa shape index (κ1) is 8.91. The second-order valence-corrected chi connectivity index (χ2v) is 1.68. The van der Waals surface area contributed by atoms with Crippen LogP contribution in [-0.2, 0) is 12.7 Å². The Morgan fingerprint density at radius 1 is 1.25 bits per heavy atom. The van der Waals surface area contributed by atoms with Crippen molar-refractivity contribution in [2.75, 3.05) is 0 Å². The molecular weight excluding hydrogens is 142 g/mol. The zero-order valence-electron chi connectivity index (χ0n) is 2.07. The fraction of sp³-hybridized carbons (Fsp3) is 0. The van der Waals surface area contributed by atoms with E-state index in [9.17, 15) is 0 Å². The Hall–Kier alpha value is 1.07. The Kier molecular flexibility index (Phi) is 19.9. The summed E-state index contributed by atoms with van der Waals surface area (Å²) in [6, 6.07) is 0. The van der Waals surface area contributed by atoms with Gasteiger partial charge in [-0.05, 0) is 0 Å². The van der Waals surface area contributed by atoms with E-state index < -0.39 is 0 Å². The van der Waals surface area contributed by atoms with Crippen LogP contribution in [0.4, 0.5) is 0 Å². The molecule has 0 aliphatic carbocycles. The van der Waals surface area contributed by atoms with E-state index in [1.807, 2.05) is 0 Å². The molecule has 3 heteroatoms. The van der Waals surface area contributed by atoms with Crippen LogP contribution in [0.5, 0.6) is 0 Å². The molecule has 0 aliphatic heterocycles. The predicted molar refractivity (Wildman–Crippen MR) is 18.1 cm³/mol. The van der Waals surface area contributed by atoms with Crippen molar-refractivity contribution >= 4 is 20.4 Å². The summed E-state index contributed by atoms with van der Waals surface area (Å²) in [5, 5.41) is 0. The summed E-state index contributed by atoms with van der Waals surface area (Å²) in [4.78, 5) is 0. The molecule has 0 aromatic rings. The molecule has 4 heavy (non-hydrogen) atoms. The van der Waals surface area contributed by atoms with Crippen molar-refractivity contribution in [2.24, 2.45) is 0 Å². The van der Waals surface area contributed by atoms with Crippen molar-refractivity contribution < 1.29 is 12.7 Å². The number of rotatable bonds is 0. The van der Waals surface area contributed by atoms with E-state index in [0.717, 1.165) is 0 Å². The van der Waals surface area contributed by atoms with Gasteiger partial charge < -0.3 is 0 Å². The topological polar surface area (TPSA) is 0 Å². The van der Waals surface area contributed by atoms with Gasteiger partial charge >= 0.3 is 33.0 Å². The van der Waals surface area contributed by atoms with Gasteiger partial charge in [0.05, 0.1) is 0 Å². The van der Waals surface area contributed by atoms with Crippen LogP contribution in [-0.4, -0.2) is 0 Å². The van der Waals surface area contributed by atoms with Crippen LogP contribution < -0.4 is 0 Å². The molecule has 0 unspecified atom stereocenters. The summed E-state index contributed by atoms with van der Waals surface area (Å²) in [6.07, 6.45) is 0. The zero-order valence-corrected chi connectivity index (χ0v) is 4.57. The van der Waals surface area contributed by atoms with Crippen LogP contribution >= 0.6 is 20.4 Å². The molecule has 0 nitrogen and oxygen atoms in total. The molecule has 0 spiro atoms. The molecule has 31 valence electrons. The van der Waals surface area contributed by atoms with Crippen molar-refractivity contribution in [3.63, 3.8) is 0 Å². The van der Waals surface area contributed by atoms with E-state index in [2.05, 4.69) is 0 Å². The normalized spacial score (nSPS) is 5.50. The Labute approximate surface area is 40.8 Å². The maximum atomic E-state index is 4.70. The van der Waals surface area contributed by atoms with Crippen LogP contribution in [0.3, 0.4) is 0 Å². The second-order valence-electron chi connectivity index (χ2n) is 0.0452. The monoisotopic (exact) mass is 143 g/mol. The van der Waals surface area contributed by atoms with Gasteiger partial charge in [0.2, 0.25) is 0 Å². The molecule has 0 fully saturated rings. The molecule has 0 saturated carbocycles. The van der Waals surface area contributed by atoms with Crippen LogP contribution in [0.1, 0.15) is 0 Å². The summed E-state index contributed by atoms with van der Waals surface area (Å²) in [7, 11) is 9.40. The van der Waals surface area contributed by atoms with Gasteiger partial charge in [-0.1, -0.05) is 7.43 Å². The van der Waals surface area contributed by atoms with E-state index in [4.69, 9.17) is 20.4 Å². The Morgan fingerprint density at radius 2 is 1.25 bits per heavy atom. The standard InChI is InChI=1S/CH3.2ClH.Ni/h1H3;2*1H;/q;;;+2/p-2. The van der Waals surface area contributed by atoms with Crippen molar-refractivity contribution in [1.29, 1.82) is 0 Å². The Morgan fingerprint density at radius 3 is 1.25 bits per heavy atom. The molecule has 0 N–H and O–H groups in total. The van der Waals surface area contributed by atoms with E-state index in [0.29, 0.717) is 12.7 Å². The SMILES string of the molecule is [CH3].[Cl][Ni][Cl]. The number of halogens is 2. The Bertz CT molecular complexity index is 6.00. The number of hydrogen-bond donors (Lipinski definition) is 0. The van der Waals surface area contributed by atoms with E-state index >= 15 is 0 Å². The maximum absolute atomic E-state index is 4.70. The molecule has 0 saturated heterocycles. The molecule has 0 bridgehead atoms. The van der Waals surface area contributed by atoms with Crippen molar-refractivity contribution in [3.05, 3.63) is 7.43 Å². The summed E-state index contributed by atoms with van der Waals surface area (Å²) in [5.74, 6) is 0. The molecule has 0 aromatic carbocycles. The second kappa shape index (κ2) is 8.95. The molecule has 0 amide bonds. The molecule has 0 atom stereocenters. The molecule has 0 heterocycles.